The molecule has 0 aliphatic rings. The van der Waals surface area contributed by atoms with Crippen LogP contribution in [0.15, 0.2) is 0 Å². The molecule has 0 aromatic carbocycles. The van der Waals surface area contributed by atoms with Crippen LogP contribution in [-0.4, -0.2) is 61.5 Å². The summed E-state index contributed by atoms with van der Waals surface area (Å²) < 4.78 is 5.52. The van der Waals surface area contributed by atoms with Crippen LogP contribution in [0.4, 0.5) is 0 Å². The van der Waals surface area contributed by atoms with Gasteiger partial charge in [0.1, 0.15) is 0 Å². The van der Waals surface area contributed by atoms with Crippen LogP contribution in [0.25, 0.3) is 0 Å². The molecule has 0 aromatic rings. The number of ether oxygens (including phenoxy) is 1. The summed E-state index contributed by atoms with van der Waals surface area (Å²) in [5, 5.41) is 13.1. The summed E-state index contributed by atoms with van der Waals surface area (Å²) in [5.74, 6) is 0. The minimum Gasteiger partial charge on any atom is -0.389 e. The molecule has 0 aliphatic carbocycles. The molecule has 4 heteroatoms. The van der Waals surface area contributed by atoms with Crippen molar-refractivity contribution in [2.45, 2.75) is 51.9 Å². The van der Waals surface area contributed by atoms with Crippen LogP contribution >= 0.6 is 0 Å². The predicted molar refractivity (Wildman–Crippen MR) is 72.3 cm³/mol. The van der Waals surface area contributed by atoms with E-state index in [1.807, 2.05) is 20.8 Å². The molecule has 0 bridgehead atoms. The smallest absolute Gasteiger partial charge is 0.0898 e. The molecule has 104 valence electrons. The van der Waals surface area contributed by atoms with Crippen molar-refractivity contribution in [2.75, 3.05) is 33.8 Å². The molecule has 0 heterocycles. The van der Waals surface area contributed by atoms with E-state index in [0.717, 1.165) is 13.0 Å². The van der Waals surface area contributed by atoms with E-state index in [1.165, 1.54) is 0 Å². The molecular formula is C13H30N2O2. The van der Waals surface area contributed by atoms with Gasteiger partial charge in [-0.2, -0.15) is 0 Å². The van der Waals surface area contributed by atoms with Crippen molar-refractivity contribution >= 4 is 0 Å². The second kappa shape index (κ2) is 8.03. The first-order valence-electron chi connectivity index (χ1n) is 6.41. The maximum absolute atomic E-state index is 9.74. The Kier molecular flexibility index (Phi) is 7.96. The van der Waals surface area contributed by atoms with Gasteiger partial charge < -0.3 is 20.1 Å². The first kappa shape index (κ1) is 16.8. The molecule has 0 amide bonds. The fraction of sp³-hybridized carbons (Fsp3) is 1.00. The second-order valence-corrected chi connectivity index (χ2v) is 5.98. The molecular weight excluding hydrogens is 216 g/mol. The van der Waals surface area contributed by atoms with Crippen molar-refractivity contribution in [3.05, 3.63) is 0 Å². The van der Waals surface area contributed by atoms with Crippen LogP contribution < -0.4 is 5.32 Å². The first-order chi connectivity index (χ1) is 7.70. The van der Waals surface area contributed by atoms with Gasteiger partial charge in [-0.15, -0.1) is 0 Å². The molecule has 0 fully saturated rings. The fourth-order valence-electron chi connectivity index (χ4n) is 1.30. The van der Waals surface area contributed by atoms with Crippen LogP contribution in [0, 0.1) is 0 Å². The summed E-state index contributed by atoms with van der Waals surface area (Å²) in [6.07, 6.45) is 0.649. The Morgan fingerprint density at radius 1 is 1.29 bits per heavy atom. The molecule has 2 unspecified atom stereocenters. The van der Waals surface area contributed by atoms with E-state index in [0.29, 0.717) is 19.2 Å². The normalized spacial score (nSPS) is 16.2. The zero-order valence-electron chi connectivity index (χ0n) is 12.3. The number of nitrogens with zero attached hydrogens (tertiary/aromatic N) is 1. The maximum atomic E-state index is 9.74. The summed E-state index contributed by atoms with van der Waals surface area (Å²) in [4.78, 5) is 2.16. The number of nitrogens with one attached hydrogen (secondary N) is 1. The Balaban J connectivity index is 3.58. The van der Waals surface area contributed by atoms with Crippen molar-refractivity contribution in [1.29, 1.82) is 0 Å². The third kappa shape index (κ3) is 12.1. The predicted octanol–water partition coefficient (Wildman–Crippen LogP) is 1.09. The zero-order valence-corrected chi connectivity index (χ0v) is 12.3. The van der Waals surface area contributed by atoms with E-state index in [9.17, 15) is 5.11 Å². The molecule has 4 nitrogen and oxygen atoms in total. The summed E-state index contributed by atoms with van der Waals surface area (Å²) in [6.45, 7) is 10.2. The van der Waals surface area contributed by atoms with E-state index < -0.39 is 6.10 Å². The molecule has 0 aliphatic heterocycles. The minimum absolute atomic E-state index is 0.183. The number of rotatable bonds is 8. The van der Waals surface area contributed by atoms with Crippen LogP contribution in [-0.2, 0) is 4.74 Å². The maximum Gasteiger partial charge on any atom is 0.0898 e. The van der Waals surface area contributed by atoms with Crippen LogP contribution in [0.3, 0.4) is 0 Å². The first-order valence-corrected chi connectivity index (χ1v) is 6.41. The highest BCUT2D eigenvalue weighted by Crippen LogP contribution is 2.06. The lowest BCUT2D eigenvalue weighted by Crippen LogP contribution is -2.38. The van der Waals surface area contributed by atoms with Crippen molar-refractivity contribution in [3.8, 4) is 0 Å². The lowest BCUT2D eigenvalue weighted by molar-refractivity contribution is -0.0483. The van der Waals surface area contributed by atoms with E-state index >= 15 is 0 Å². The van der Waals surface area contributed by atoms with E-state index in [4.69, 9.17) is 4.74 Å². The van der Waals surface area contributed by atoms with Crippen LogP contribution in [0.5, 0.6) is 0 Å². The average molecular weight is 246 g/mol. The van der Waals surface area contributed by atoms with E-state index in [1.54, 1.807) is 0 Å². The third-order valence-corrected chi connectivity index (χ3v) is 2.42. The summed E-state index contributed by atoms with van der Waals surface area (Å²) in [7, 11) is 4.14. The Labute approximate surface area is 106 Å². The molecule has 2 N–H and O–H groups in total. The SMILES string of the molecule is CC(CCN(C)C)NCC(O)COC(C)(C)C. The zero-order chi connectivity index (χ0) is 13.5. The van der Waals surface area contributed by atoms with Crippen molar-refractivity contribution in [3.63, 3.8) is 0 Å². The van der Waals surface area contributed by atoms with Crippen LogP contribution in [0.2, 0.25) is 0 Å². The molecule has 0 spiro atoms. The highest BCUT2D eigenvalue weighted by molar-refractivity contribution is 4.68. The summed E-state index contributed by atoms with van der Waals surface area (Å²) in [5.41, 5.74) is -0.183. The molecule has 0 saturated heterocycles. The van der Waals surface area contributed by atoms with Gasteiger partial charge in [-0.05, 0) is 54.8 Å². The standard InChI is InChI=1S/C13H30N2O2/c1-11(7-8-15(5)6)14-9-12(16)10-17-13(2,3)4/h11-12,14,16H,7-10H2,1-6H3. The van der Waals surface area contributed by atoms with Gasteiger partial charge in [0, 0.05) is 12.6 Å². The topological polar surface area (TPSA) is 44.7 Å². The lowest BCUT2D eigenvalue weighted by atomic mass is 10.2. The molecule has 0 saturated carbocycles. The monoisotopic (exact) mass is 246 g/mol. The number of hydrogen-bond acceptors (Lipinski definition) is 4. The van der Waals surface area contributed by atoms with Gasteiger partial charge >= 0.3 is 0 Å². The van der Waals surface area contributed by atoms with Gasteiger partial charge in [0.25, 0.3) is 0 Å². The Morgan fingerprint density at radius 3 is 2.35 bits per heavy atom. The van der Waals surface area contributed by atoms with E-state index in [-0.39, 0.29) is 5.60 Å². The highest BCUT2D eigenvalue weighted by atomic mass is 16.5. The van der Waals surface area contributed by atoms with Gasteiger partial charge in [-0.3, -0.25) is 0 Å². The molecule has 0 aromatic heterocycles. The molecule has 17 heavy (non-hydrogen) atoms. The van der Waals surface area contributed by atoms with E-state index in [2.05, 4.69) is 31.2 Å². The molecule has 0 rings (SSSR count). The number of aliphatic hydroxyl groups excluding tert-OH is 1. The second-order valence-electron chi connectivity index (χ2n) is 5.98. The van der Waals surface area contributed by atoms with Crippen molar-refractivity contribution in [2.24, 2.45) is 0 Å². The molecule has 2 atom stereocenters. The lowest BCUT2D eigenvalue weighted by Gasteiger charge is -2.23. The minimum atomic E-state index is -0.434. The summed E-state index contributed by atoms with van der Waals surface area (Å²) in [6, 6.07) is 0.418. The third-order valence-electron chi connectivity index (χ3n) is 2.42. The highest BCUT2D eigenvalue weighted by Gasteiger charge is 2.14. The number of aliphatic hydroxyl groups is 1. The Hall–Kier alpha value is -0.160. The van der Waals surface area contributed by atoms with Gasteiger partial charge in [0.15, 0.2) is 0 Å². The quantitative estimate of drug-likeness (QED) is 0.673. The number of hydrogen-bond donors (Lipinski definition) is 2. The van der Waals surface area contributed by atoms with Crippen LogP contribution in [0.1, 0.15) is 34.1 Å². The van der Waals surface area contributed by atoms with Crippen molar-refractivity contribution in [1.82, 2.24) is 10.2 Å². The van der Waals surface area contributed by atoms with Gasteiger partial charge in [-0.25, -0.2) is 0 Å². The van der Waals surface area contributed by atoms with Crippen molar-refractivity contribution < 1.29 is 9.84 Å². The van der Waals surface area contributed by atoms with Gasteiger partial charge in [-0.1, -0.05) is 0 Å². The Bertz CT molecular complexity index is 190. The largest absolute Gasteiger partial charge is 0.389 e. The van der Waals surface area contributed by atoms with Gasteiger partial charge in [0.2, 0.25) is 0 Å². The molecule has 0 radical (unpaired) electrons. The summed E-state index contributed by atoms with van der Waals surface area (Å²) >= 11 is 0. The fourth-order valence-corrected chi connectivity index (χ4v) is 1.30. The Morgan fingerprint density at radius 2 is 1.88 bits per heavy atom. The average Bonchev–Trinajstić information content (AvgIpc) is 2.19. The van der Waals surface area contributed by atoms with Gasteiger partial charge in [0.05, 0.1) is 18.3 Å².